The molecule has 1 aliphatic rings. The topological polar surface area (TPSA) is 79.5 Å². The highest BCUT2D eigenvalue weighted by Gasteiger charge is 2.23. The number of nitrogens with one attached hydrogen (secondary N) is 1. The predicted molar refractivity (Wildman–Crippen MR) is 159 cm³/mol. The molecule has 1 aromatic heterocycles. The number of hydrogen-bond donors (Lipinski definition) is 1. The van der Waals surface area contributed by atoms with Crippen LogP contribution in [0.1, 0.15) is 39.2 Å². The number of carbonyl (C=O) groups excluding carboxylic acids is 1. The van der Waals surface area contributed by atoms with Crippen LogP contribution in [0.4, 0.5) is 14.9 Å². The van der Waals surface area contributed by atoms with Crippen LogP contribution in [0, 0.1) is 23.1 Å². The van der Waals surface area contributed by atoms with Gasteiger partial charge in [-0.25, -0.2) is 9.18 Å². The van der Waals surface area contributed by atoms with Crippen LogP contribution in [0.15, 0.2) is 66.7 Å². The smallest absolute Gasteiger partial charge is 0.407 e. The standard InChI is InChI=1S/C33H35FN4O3/c1-33(2,3)41-32(39)36-21-23-13-15-37(16-14-23)27-10-11-29-25(17-27)19-30(24-7-12-31(40-4)28(34)18-24)38(29)26-8-5-22(20-35)6-9-26/h5-12,17-19,23H,13-16,21H2,1-4H3,(H,36,39). The Labute approximate surface area is 240 Å². The molecule has 0 aliphatic carbocycles. The highest BCUT2D eigenvalue weighted by molar-refractivity contribution is 5.91. The fourth-order valence-electron chi connectivity index (χ4n) is 5.34. The number of hydrogen-bond acceptors (Lipinski definition) is 5. The zero-order chi connectivity index (χ0) is 29.1. The molecule has 1 saturated heterocycles. The largest absolute Gasteiger partial charge is 0.494 e. The number of carbonyl (C=O) groups is 1. The first-order valence-electron chi connectivity index (χ1n) is 13.9. The summed E-state index contributed by atoms with van der Waals surface area (Å²) >= 11 is 0. The number of piperidine rings is 1. The number of benzene rings is 3. The van der Waals surface area contributed by atoms with Crippen LogP contribution in [0.3, 0.4) is 0 Å². The number of halogens is 1. The van der Waals surface area contributed by atoms with Crippen molar-refractivity contribution < 1.29 is 18.7 Å². The van der Waals surface area contributed by atoms with Crippen molar-refractivity contribution in [3.8, 4) is 28.8 Å². The van der Waals surface area contributed by atoms with Crippen molar-refractivity contribution in [2.24, 2.45) is 5.92 Å². The first-order chi connectivity index (χ1) is 19.6. The number of rotatable bonds is 6. The Morgan fingerprint density at radius 1 is 1.02 bits per heavy atom. The minimum atomic E-state index is -0.507. The second-order valence-electron chi connectivity index (χ2n) is 11.4. The third-order valence-electron chi connectivity index (χ3n) is 7.40. The Morgan fingerprint density at radius 2 is 1.73 bits per heavy atom. The third-order valence-corrected chi connectivity index (χ3v) is 7.40. The summed E-state index contributed by atoms with van der Waals surface area (Å²) in [5.74, 6) is 0.171. The second kappa shape index (κ2) is 11.5. The van der Waals surface area contributed by atoms with Crippen LogP contribution in [-0.2, 0) is 4.74 Å². The number of fused-ring (bicyclic) bond motifs is 1. The molecule has 0 bridgehead atoms. The maximum absolute atomic E-state index is 14.7. The van der Waals surface area contributed by atoms with E-state index in [0.717, 1.165) is 59.5 Å². The van der Waals surface area contributed by atoms with Gasteiger partial charge in [0.25, 0.3) is 0 Å². The molecule has 0 spiro atoms. The van der Waals surface area contributed by atoms with Crippen molar-refractivity contribution in [2.75, 3.05) is 31.6 Å². The van der Waals surface area contributed by atoms with Crippen molar-refractivity contribution >= 4 is 22.7 Å². The van der Waals surface area contributed by atoms with Crippen LogP contribution in [-0.4, -0.2) is 43.0 Å². The third kappa shape index (κ3) is 6.30. The molecule has 1 aliphatic heterocycles. The molecule has 7 nitrogen and oxygen atoms in total. The molecule has 1 N–H and O–H groups in total. The van der Waals surface area contributed by atoms with E-state index in [4.69, 9.17) is 9.47 Å². The monoisotopic (exact) mass is 554 g/mol. The molecule has 212 valence electrons. The Hall–Kier alpha value is -4.51. The lowest BCUT2D eigenvalue weighted by atomic mass is 9.96. The average molecular weight is 555 g/mol. The maximum Gasteiger partial charge on any atom is 0.407 e. The Bertz CT molecular complexity index is 1590. The van der Waals surface area contributed by atoms with Crippen molar-refractivity contribution in [1.29, 1.82) is 5.26 Å². The fourth-order valence-corrected chi connectivity index (χ4v) is 5.34. The van der Waals surface area contributed by atoms with Gasteiger partial charge in [-0.15, -0.1) is 0 Å². The van der Waals surface area contributed by atoms with Gasteiger partial charge < -0.3 is 24.3 Å². The summed E-state index contributed by atoms with van der Waals surface area (Å²) in [5.41, 5.74) is 4.64. The van der Waals surface area contributed by atoms with Gasteiger partial charge in [-0.3, -0.25) is 0 Å². The number of methoxy groups -OCH3 is 1. The molecule has 0 unspecified atom stereocenters. The molecule has 1 fully saturated rings. The van der Waals surface area contributed by atoms with Crippen LogP contribution in [0.5, 0.6) is 5.75 Å². The van der Waals surface area contributed by atoms with Crippen molar-refractivity contribution in [3.05, 3.63) is 78.1 Å². The van der Waals surface area contributed by atoms with Gasteiger partial charge in [-0.05, 0) is 106 Å². The summed E-state index contributed by atoms with van der Waals surface area (Å²) in [6.45, 7) is 7.96. The summed E-state index contributed by atoms with van der Waals surface area (Å²) < 4.78 is 27.3. The van der Waals surface area contributed by atoms with Gasteiger partial charge in [0.2, 0.25) is 0 Å². The van der Waals surface area contributed by atoms with E-state index in [2.05, 4.69) is 45.1 Å². The highest BCUT2D eigenvalue weighted by Crippen LogP contribution is 2.36. The lowest BCUT2D eigenvalue weighted by molar-refractivity contribution is 0.0517. The molecule has 0 radical (unpaired) electrons. The van der Waals surface area contributed by atoms with Crippen molar-refractivity contribution in [1.82, 2.24) is 9.88 Å². The SMILES string of the molecule is COc1ccc(-c2cc3cc(N4CCC(CNC(=O)OC(C)(C)C)CC4)ccc3n2-c2ccc(C#N)cc2)cc1F. The number of nitriles is 1. The molecule has 41 heavy (non-hydrogen) atoms. The Balaban J connectivity index is 1.40. The first kappa shape index (κ1) is 28.0. The molecule has 8 heteroatoms. The molecule has 0 saturated carbocycles. The second-order valence-corrected chi connectivity index (χ2v) is 11.4. The highest BCUT2D eigenvalue weighted by atomic mass is 19.1. The number of aromatic nitrogens is 1. The predicted octanol–water partition coefficient (Wildman–Crippen LogP) is 7.06. The lowest BCUT2D eigenvalue weighted by Crippen LogP contribution is -2.40. The summed E-state index contributed by atoms with van der Waals surface area (Å²) in [4.78, 5) is 14.4. The van der Waals surface area contributed by atoms with E-state index in [1.807, 2.05) is 39.0 Å². The van der Waals surface area contributed by atoms with E-state index in [1.54, 1.807) is 18.2 Å². The minimum absolute atomic E-state index is 0.196. The normalized spacial score (nSPS) is 14.1. The van der Waals surface area contributed by atoms with Gasteiger partial charge in [-0.2, -0.15) is 5.26 Å². The Kier molecular flexibility index (Phi) is 7.89. The van der Waals surface area contributed by atoms with Gasteiger partial charge in [-0.1, -0.05) is 0 Å². The number of nitrogens with zero attached hydrogens (tertiary/aromatic N) is 3. The summed E-state index contributed by atoms with van der Waals surface area (Å²) in [7, 11) is 1.45. The first-order valence-corrected chi connectivity index (χ1v) is 13.9. The van der Waals surface area contributed by atoms with E-state index in [1.165, 1.54) is 13.2 Å². The summed E-state index contributed by atoms with van der Waals surface area (Å²) in [5, 5.41) is 13.2. The van der Waals surface area contributed by atoms with Gasteiger partial charge >= 0.3 is 6.09 Å². The molecular weight excluding hydrogens is 519 g/mol. The quantitative estimate of drug-likeness (QED) is 0.276. The van der Waals surface area contributed by atoms with Crippen molar-refractivity contribution in [3.63, 3.8) is 0 Å². The Morgan fingerprint density at radius 3 is 2.37 bits per heavy atom. The number of ether oxygens (including phenoxy) is 2. The number of alkyl carbamates (subject to hydrolysis) is 1. The summed E-state index contributed by atoms with van der Waals surface area (Å²) in [6.07, 6.45) is 1.57. The van der Waals surface area contributed by atoms with Gasteiger partial charge in [0, 0.05) is 42.0 Å². The average Bonchev–Trinajstić information content (AvgIpc) is 3.34. The van der Waals surface area contributed by atoms with Gasteiger partial charge in [0.1, 0.15) is 5.60 Å². The molecule has 0 atom stereocenters. The maximum atomic E-state index is 14.7. The molecule has 2 heterocycles. The van der Waals surface area contributed by atoms with E-state index < -0.39 is 11.4 Å². The van der Waals surface area contributed by atoms with Crippen LogP contribution >= 0.6 is 0 Å². The van der Waals surface area contributed by atoms with Crippen LogP contribution in [0.2, 0.25) is 0 Å². The van der Waals surface area contributed by atoms with Crippen LogP contribution < -0.4 is 15.0 Å². The minimum Gasteiger partial charge on any atom is -0.494 e. The van der Waals surface area contributed by atoms with Crippen molar-refractivity contribution in [2.45, 2.75) is 39.2 Å². The molecule has 4 aromatic rings. The zero-order valence-corrected chi connectivity index (χ0v) is 23.9. The van der Waals surface area contributed by atoms with E-state index >= 15 is 0 Å². The lowest BCUT2D eigenvalue weighted by Gasteiger charge is -2.34. The molecule has 3 aromatic carbocycles. The van der Waals surface area contributed by atoms with Gasteiger partial charge in [0.15, 0.2) is 11.6 Å². The fraction of sp³-hybridized carbons (Fsp3) is 0.333. The van der Waals surface area contributed by atoms with Gasteiger partial charge in [0.05, 0.1) is 30.0 Å². The number of anilines is 1. The van der Waals surface area contributed by atoms with E-state index in [9.17, 15) is 14.4 Å². The molecule has 5 rings (SSSR count). The zero-order valence-electron chi connectivity index (χ0n) is 23.9. The summed E-state index contributed by atoms with van der Waals surface area (Å²) in [6, 6.07) is 23.0. The van der Waals surface area contributed by atoms with Crippen LogP contribution in [0.25, 0.3) is 27.8 Å². The molecular formula is C33H35FN4O3. The number of amides is 1. The molecule has 1 amide bonds. The van der Waals surface area contributed by atoms with E-state index in [0.29, 0.717) is 18.0 Å². The van der Waals surface area contributed by atoms with E-state index in [-0.39, 0.29) is 11.8 Å².